The Morgan fingerprint density at radius 3 is 1.50 bits per heavy atom. The Morgan fingerprint density at radius 2 is 0.957 bits per heavy atom. The van der Waals surface area contributed by atoms with Gasteiger partial charge < -0.3 is 24.4 Å². The van der Waals surface area contributed by atoms with Crippen molar-refractivity contribution in [3.63, 3.8) is 0 Å². The zero-order valence-electron chi connectivity index (χ0n) is 24.6. The molecule has 0 radical (unpaired) electrons. The SMILES string of the molecule is O=C(O)c1ccc(COc2cc(COc3ccc4ccc5cccc6ccc3c4c56)cc(OCc3ccc(C(=O)O)cc3)c2)cc1. The molecule has 0 aliphatic carbocycles. The van der Waals surface area contributed by atoms with Crippen LogP contribution in [0.2, 0.25) is 0 Å². The Balaban J connectivity index is 1.15. The van der Waals surface area contributed by atoms with Crippen molar-refractivity contribution in [2.45, 2.75) is 19.8 Å². The maximum atomic E-state index is 11.2. The summed E-state index contributed by atoms with van der Waals surface area (Å²) < 4.78 is 18.7. The molecule has 0 atom stereocenters. The molecule has 46 heavy (non-hydrogen) atoms. The number of carboxylic acids is 2. The van der Waals surface area contributed by atoms with Crippen LogP contribution in [-0.2, 0) is 19.8 Å². The van der Waals surface area contributed by atoms with E-state index in [1.807, 2.05) is 18.2 Å². The molecule has 7 nitrogen and oxygen atoms in total. The lowest BCUT2D eigenvalue weighted by Crippen LogP contribution is -2.02. The van der Waals surface area contributed by atoms with Crippen LogP contribution in [0.4, 0.5) is 0 Å². The molecule has 226 valence electrons. The summed E-state index contributed by atoms with van der Waals surface area (Å²) in [6.07, 6.45) is 0. The number of aromatic carboxylic acids is 2. The van der Waals surface area contributed by atoms with Crippen molar-refractivity contribution in [1.82, 2.24) is 0 Å². The van der Waals surface area contributed by atoms with Gasteiger partial charge in [0.15, 0.2) is 0 Å². The van der Waals surface area contributed by atoms with Gasteiger partial charge in [0.05, 0.1) is 11.1 Å². The lowest BCUT2D eigenvalue weighted by atomic mass is 9.94. The van der Waals surface area contributed by atoms with Gasteiger partial charge in [-0.3, -0.25) is 0 Å². The van der Waals surface area contributed by atoms with Crippen LogP contribution >= 0.6 is 0 Å². The molecule has 0 aromatic heterocycles. The number of carboxylic acid groups (broad SMARTS) is 2. The molecule has 0 saturated carbocycles. The predicted octanol–water partition coefficient (Wildman–Crippen LogP) is 8.72. The first kappa shape index (κ1) is 28.7. The molecule has 0 spiro atoms. The summed E-state index contributed by atoms with van der Waals surface area (Å²) >= 11 is 0. The van der Waals surface area contributed by atoms with Gasteiger partial charge in [0.1, 0.15) is 37.1 Å². The first-order chi connectivity index (χ1) is 22.4. The van der Waals surface area contributed by atoms with E-state index in [1.54, 1.807) is 54.6 Å². The third-order valence-electron chi connectivity index (χ3n) is 8.04. The van der Waals surface area contributed by atoms with Crippen LogP contribution in [0, 0.1) is 0 Å². The molecule has 0 aliphatic heterocycles. The zero-order chi connectivity index (χ0) is 31.6. The maximum Gasteiger partial charge on any atom is 0.335 e. The Morgan fingerprint density at radius 1 is 0.478 bits per heavy atom. The highest BCUT2D eigenvalue weighted by atomic mass is 16.5. The zero-order valence-corrected chi connectivity index (χ0v) is 24.6. The fourth-order valence-corrected chi connectivity index (χ4v) is 5.70. The molecule has 0 heterocycles. The number of carbonyl (C=O) groups is 2. The van der Waals surface area contributed by atoms with Crippen LogP contribution < -0.4 is 14.2 Å². The molecule has 0 fully saturated rings. The quantitative estimate of drug-likeness (QED) is 0.142. The van der Waals surface area contributed by atoms with E-state index in [0.29, 0.717) is 11.5 Å². The third kappa shape index (κ3) is 5.86. The standard InChI is InChI=1S/C39H28O7/c40-38(41)30-8-4-24(5-9-30)21-44-32-18-26(19-33(20-32)45-22-25-6-10-31(11-7-25)39(42)43)23-46-35-17-15-29-13-12-27-2-1-3-28-14-16-34(35)37(29)36(27)28/h1-20H,21-23H2,(H,40,41)(H,42,43). The Kier molecular flexibility index (Phi) is 7.56. The van der Waals surface area contributed by atoms with Gasteiger partial charge in [-0.25, -0.2) is 9.59 Å². The van der Waals surface area contributed by atoms with Crippen LogP contribution in [0.5, 0.6) is 17.2 Å². The number of ether oxygens (including phenoxy) is 3. The fraction of sp³-hybridized carbons (Fsp3) is 0.0769. The molecule has 0 bridgehead atoms. The molecule has 0 amide bonds. The molecular weight excluding hydrogens is 580 g/mol. The maximum absolute atomic E-state index is 11.2. The number of hydrogen-bond donors (Lipinski definition) is 2. The van der Waals surface area contributed by atoms with E-state index in [-0.39, 0.29) is 30.9 Å². The van der Waals surface area contributed by atoms with Crippen molar-refractivity contribution < 1.29 is 34.0 Å². The van der Waals surface area contributed by atoms with E-state index < -0.39 is 11.9 Å². The van der Waals surface area contributed by atoms with Gasteiger partial charge in [-0.2, -0.15) is 0 Å². The molecular formula is C39H28O7. The van der Waals surface area contributed by atoms with E-state index in [4.69, 9.17) is 14.2 Å². The first-order valence-corrected chi connectivity index (χ1v) is 14.7. The van der Waals surface area contributed by atoms with Crippen LogP contribution in [0.15, 0.2) is 121 Å². The van der Waals surface area contributed by atoms with Gasteiger partial charge in [-0.05, 0) is 86.8 Å². The Hall–Kier alpha value is -6.08. The topological polar surface area (TPSA) is 102 Å². The normalized spacial score (nSPS) is 11.2. The summed E-state index contributed by atoms with van der Waals surface area (Å²) in [4.78, 5) is 22.4. The van der Waals surface area contributed by atoms with E-state index in [0.717, 1.165) is 33.2 Å². The summed E-state index contributed by atoms with van der Waals surface area (Å²) in [5, 5.41) is 25.4. The van der Waals surface area contributed by atoms with Crippen molar-refractivity contribution in [2.24, 2.45) is 0 Å². The minimum absolute atomic E-state index is 0.210. The highest BCUT2D eigenvalue weighted by Crippen LogP contribution is 2.39. The highest BCUT2D eigenvalue weighted by Gasteiger charge is 2.13. The second kappa shape index (κ2) is 12.1. The van der Waals surface area contributed by atoms with Crippen molar-refractivity contribution in [1.29, 1.82) is 0 Å². The van der Waals surface area contributed by atoms with Crippen molar-refractivity contribution in [2.75, 3.05) is 0 Å². The van der Waals surface area contributed by atoms with Gasteiger partial charge in [-0.1, -0.05) is 66.7 Å². The average molecular weight is 609 g/mol. The van der Waals surface area contributed by atoms with Crippen LogP contribution in [0.3, 0.4) is 0 Å². The molecule has 7 aromatic carbocycles. The monoisotopic (exact) mass is 608 g/mol. The fourth-order valence-electron chi connectivity index (χ4n) is 5.70. The van der Waals surface area contributed by atoms with E-state index in [9.17, 15) is 19.8 Å². The smallest absolute Gasteiger partial charge is 0.335 e. The van der Waals surface area contributed by atoms with E-state index in [2.05, 4.69) is 48.5 Å². The minimum atomic E-state index is -0.982. The van der Waals surface area contributed by atoms with Gasteiger partial charge >= 0.3 is 11.9 Å². The number of rotatable bonds is 11. The van der Waals surface area contributed by atoms with Crippen molar-refractivity contribution in [3.8, 4) is 17.2 Å². The lowest BCUT2D eigenvalue weighted by Gasteiger charge is -2.16. The predicted molar refractivity (Wildman–Crippen MR) is 176 cm³/mol. The molecule has 7 aromatic rings. The second-order valence-electron chi connectivity index (χ2n) is 11.1. The summed E-state index contributed by atoms with van der Waals surface area (Å²) in [5.41, 5.74) is 2.90. The van der Waals surface area contributed by atoms with E-state index >= 15 is 0 Å². The Bertz CT molecular complexity index is 2110. The molecule has 0 aliphatic rings. The highest BCUT2D eigenvalue weighted by molar-refractivity contribution is 6.24. The number of hydrogen-bond acceptors (Lipinski definition) is 5. The van der Waals surface area contributed by atoms with Crippen molar-refractivity contribution >= 4 is 44.3 Å². The van der Waals surface area contributed by atoms with Crippen LogP contribution in [0.1, 0.15) is 37.4 Å². The summed E-state index contributed by atoms with van der Waals surface area (Å²) in [7, 11) is 0. The van der Waals surface area contributed by atoms with Gasteiger partial charge in [0, 0.05) is 16.8 Å². The average Bonchev–Trinajstić information content (AvgIpc) is 3.08. The molecule has 7 heteroatoms. The summed E-state index contributed by atoms with van der Waals surface area (Å²) in [6, 6.07) is 37.6. The molecule has 0 saturated heterocycles. The Labute approximate surface area is 264 Å². The lowest BCUT2D eigenvalue weighted by molar-refractivity contribution is 0.0686. The summed E-state index contributed by atoms with van der Waals surface area (Å²) in [6.45, 7) is 0.725. The van der Waals surface area contributed by atoms with Crippen LogP contribution in [0.25, 0.3) is 32.3 Å². The molecule has 7 rings (SSSR count). The second-order valence-corrected chi connectivity index (χ2v) is 11.1. The molecule has 0 unspecified atom stereocenters. The van der Waals surface area contributed by atoms with Crippen LogP contribution in [-0.4, -0.2) is 22.2 Å². The summed E-state index contributed by atoms with van der Waals surface area (Å²) in [5.74, 6) is -0.0601. The van der Waals surface area contributed by atoms with Gasteiger partial charge in [0.2, 0.25) is 0 Å². The molecule has 2 N–H and O–H groups in total. The van der Waals surface area contributed by atoms with Gasteiger partial charge in [0.25, 0.3) is 0 Å². The van der Waals surface area contributed by atoms with E-state index in [1.165, 1.54) is 21.5 Å². The third-order valence-corrected chi connectivity index (χ3v) is 8.04. The van der Waals surface area contributed by atoms with Gasteiger partial charge in [-0.15, -0.1) is 0 Å². The first-order valence-electron chi connectivity index (χ1n) is 14.7. The largest absolute Gasteiger partial charge is 0.489 e. The minimum Gasteiger partial charge on any atom is -0.489 e. The number of benzene rings is 7. The van der Waals surface area contributed by atoms with Crippen molar-refractivity contribution in [3.05, 3.63) is 149 Å².